The van der Waals surface area contributed by atoms with Crippen LogP contribution in [0.3, 0.4) is 0 Å². The summed E-state index contributed by atoms with van der Waals surface area (Å²) in [5.41, 5.74) is 3.08. The van der Waals surface area contributed by atoms with E-state index in [2.05, 4.69) is 18.1 Å². The molecule has 0 aliphatic carbocycles. The Morgan fingerprint density at radius 3 is 2.23 bits per heavy atom. The van der Waals surface area contributed by atoms with Gasteiger partial charge in [-0.2, -0.15) is 0 Å². The number of carbonyl (C=O) groups is 2. The number of carbonyl (C=O) groups excluding carboxylic acids is 1. The second-order valence-electron chi connectivity index (χ2n) is 11.0. The first-order valence-corrected chi connectivity index (χ1v) is 16.2. The third kappa shape index (κ3) is 16.2. The van der Waals surface area contributed by atoms with Crippen LogP contribution < -0.4 is 0 Å². The number of hydrogen-bond donors (Lipinski definition) is 1. The summed E-state index contributed by atoms with van der Waals surface area (Å²) in [4.78, 5) is 25.8. The van der Waals surface area contributed by atoms with Crippen LogP contribution in [0.2, 0.25) is 0 Å². The Bertz CT molecular complexity index is 1320. The van der Waals surface area contributed by atoms with Crippen molar-refractivity contribution in [2.75, 3.05) is 53.6 Å². The van der Waals surface area contributed by atoms with Gasteiger partial charge in [0.05, 0.1) is 19.5 Å². The second-order valence-corrected chi connectivity index (χ2v) is 11.0. The van der Waals surface area contributed by atoms with Gasteiger partial charge in [0.2, 0.25) is 0 Å². The normalized spacial score (nSPS) is 14.6. The standard InChI is InChI=1S/C34H46F2N2O4.C2H4O2.C2H6/c1-9-42-28(6)24(2)20-31(30-14-11-15-32(35)34(30)36)25(3)21-37-18-16-29(17-19-37)22-38(33(39)23-40-7)26(4)12-10-13-27(5)41-8;1-2(3)4;1-2/h10-15,20,29H,4,6,9,16-19,21-23H2,1-3,5,7-8H3;1H3,(H,3,4);1-2H3/b12-10-,24-20-,27-13+,31-25-;;. The van der Waals surface area contributed by atoms with E-state index in [9.17, 15) is 13.6 Å². The minimum atomic E-state index is -0.887. The van der Waals surface area contributed by atoms with E-state index in [0.29, 0.717) is 36.7 Å². The number of carboxylic acid groups (broad SMARTS) is 1. The SMILES string of the molecule is C=C(OCC)/C(C)=C\C(=C(/C)CN1CCC(CN(C(=C)/C=C\C=C(/C)OC)C(=O)COC)CC1)c1cccc(F)c1F.CC.CC(=O)O. The van der Waals surface area contributed by atoms with Crippen LogP contribution in [0, 0.1) is 17.6 Å². The molecule has 1 fully saturated rings. The quantitative estimate of drug-likeness (QED) is 0.148. The van der Waals surface area contributed by atoms with Crippen LogP contribution in [-0.2, 0) is 23.8 Å². The van der Waals surface area contributed by atoms with Crippen molar-refractivity contribution >= 4 is 17.4 Å². The highest BCUT2D eigenvalue weighted by molar-refractivity contribution is 5.80. The number of rotatable bonds is 15. The summed E-state index contributed by atoms with van der Waals surface area (Å²) in [7, 11) is 3.10. The molecule has 1 N–H and O–H groups in total. The third-order valence-corrected chi connectivity index (χ3v) is 7.29. The molecule has 0 aromatic heterocycles. The monoisotopic (exact) mass is 674 g/mol. The van der Waals surface area contributed by atoms with E-state index in [4.69, 9.17) is 24.1 Å². The zero-order chi connectivity index (χ0) is 36.8. The highest BCUT2D eigenvalue weighted by Crippen LogP contribution is 2.29. The van der Waals surface area contributed by atoms with Crippen LogP contribution in [0.25, 0.3) is 5.57 Å². The lowest BCUT2D eigenvalue weighted by molar-refractivity contribution is -0.135. The Morgan fingerprint density at radius 1 is 1.08 bits per heavy atom. The third-order valence-electron chi connectivity index (χ3n) is 7.29. The van der Waals surface area contributed by atoms with Gasteiger partial charge < -0.3 is 24.2 Å². The molecule has 1 aromatic rings. The molecule has 1 aromatic carbocycles. The molecular formula is C38H56F2N2O6. The van der Waals surface area contributed by atoms with Crippen LogP contribution in [0.5, 0.6) is 0 Å². The van der Waals surface area contributed by atoms with Gasteiger partial charge in [-0.15, -0.1) is 0 Å². The van der Waals surface area contributed by atoms with Gasteiger partial charge in [0.25, 0.3) is 11.9 Å². The summed E-state index contributed by atoms with van der Waals surface area (Å²) < 4.78 is 44.9. The van der Waals surface area contributed by atoms with Gasteiger partial charge in [0.1, 0.15) is 12.4 Å². The first-order chi connectivity index (χ1) is 22.7. The van der Waals surface area contributed by atoms with Gasteiger partial charge in [-0.25, -0.2) is 8.78 Å². The van der Waals surface area contributed by atoms with E-state index in [1.807, 2.05) is 59.8 Å². The molecule has 0 radical (unpaired) electrons. The number of amides is 1. The average molecular weight is 675 g/mol. The molecule has 1 heterocycles. The van der Waals surface area contributed by atoms with Crippen molar-refractivity contribution in [3.63, 3.8) is 0 Å². The predicted octanol–water partition coefficient (Wildman–Crippen LogP) is 8.16. The molecule has 2 rings (SSSR count). The Hall–Kier alpha value is -4.02. The largest absolute Gasteiger partial charge is 0.501 e. The second kappa shape index (κ2) is 24.2. The number of nitrogens with zero attached hydrogens (tertiary/aromatic N) is 2. The smallest absolute Gasteiger partial charge is 0.300 e. The van der Waals surface area contributed by atoms with E-state index >= 15 is 0 Å². The zero-order valence-electron chi connectivity index (χ0n) is 30.3. The van der Waals surface area contributed by atoms with Crippen molar-refractivity contribution < 1.29 is 37.7 Å². The predicted molar refractivity (Wildman–Crippen MR) is 190 cm³/mol. The lowest BCUT2D eigenvalue weighted by Crippen LogP contribution is -2.41. The molecule has 0 spiro atoms. The topological polar surface area (TPSA) is 88.5 Å². The molecule has 0 saturated carbocycles. The molecule has 268 valence electrons. The molecule has 1 aliphatic heterocycles. The fraction of sp³-hybridized carbons (Fsp3) is 0.474. The number of hydrogen-bond acceptors (Lipinski definition) is 6. The van der Waals surface area contributed by atoms with Crippen LogP contribution in [0.1, 0.15) is 66.9 Å². The lowest BCUT2D eigenvalue weighted by atomic mass is 9.94. The summed E-state index contributed by atoms with van der Waals surface area (Å²) in [6, 6.07) is 4.23. The maximum atomic E-state index is 14.9. The number of piperidine rings is 1. The Kier molecular flexibility index (Phi) is 22.1. The molecule has 0 bridgehead atoms. The molecule has 1 saturated heterocycles. The Morgan fingerprint density at radius 2 is 1.69 bits per heavy atom. The summed E-state index contributed by atoms with van der Waals surface area (Å²) in [6.45, 7) is 23.9. The number of allylic oxidation sites excluding steroid dienone is 7. The van der Waals surface area contributed by atoms with Crippen molar-refractivity contribution in [1.82, 2.24) is 9.80 Å². The number of aliphatic carboxylic acids is 1. The molecule has 0 atom stereocenters. The molecule has 1 amide bonds. The van der Waals surface area contributed by atoms with Crippen molar-refractivity contribution in [3.05, 3.63) is 101 Å². The zero-order valence-corrected chi connectivity index (χ0v) is 30.3. The molecule has 48 heavy (non-hydrogen) atoms. The maximum Gasteiger partial charge on any atom is 0.300 e. The van der Waals surface area contributed by atoms with Crippen LogP contribution in [0.15, 0.2) is 84.0 Å². The Labute approximate surface area is 286 Å². The fourth-order valence-electron chi connectivity index (χ4n) is 4.77. The Balaban J connectivity index is 0.00000341. The van der Waals surface area contributed by atoms with Crippen LogP contribution >= 0.6 is 0 Å². The summed E-state index contributed by atoms with van der Waals surface area (Å²) in [5, 5.41) is 7.42. The maximum absolute atomic E-state index is 14.9. The molecule has 10 heteroatoms. The van der Waals surface area contributed by atoms with Crippen LogP contribution in [-0.4, -0.2) is 80.4 Å². The van der Waals surface area contributed by atoms with Crippen LogP contribution in [0.4, 0.5) is 8.78 Å². The molecule has 1 aliphatic rings. The van der Waals surface area contributed by atoms with E-state index < -0.39 is 17.6 Å². The number of methoxy groups -OCH3 is 2. The average Bonchev–Trinajstić information content (AvgIpc) is 3.05. The number of halogens is 2. The number of carboxylic acids is 1. The van der Waals surface area contributed by atoms with E-state index in [-0.39, 0.29) is 24.0 Å². The van der Waals surface area contributed by atoms with Gasteiger partial charge in [-0.05, 0) is 95.0 Å². The van der Waals surface area contributed by atoms with Gasteiger partial charge in [-0.3, -0.25) is 14.5 Å². The van der Waals surface area contributed by atoms with Gasteiger partial charge >= 0.3 is 0 Å². The van der Waals surface area contributed by atoms with E-state index in [1.54, 1.807) is 24.2 Å². The minimum Gasteiger partial charge on any atom is -0.501 e. The highest BCUT2D eigenvalue weighted by Gasteiger charge is 2.25. The van der Waals surface area contributed by atoms with E-state index in [0.717, 1.165) is 55.8 Å². The number of likely N-dealkylation sites (tertiary alicyclic amines) is 1. The molecule has 8 nitrogen and oxygen atoms in total. The molecule has 0 unspecified atom stereocenters. The van der Waals surface area contributed by atoms with E-state index in [1.165, 1.54) is 13.2 Å². The van der Waals surface area contributed by atoms with Crippen molar-refractivity contribution in [3.8, 4) is 0 Å². The van der Waals surface area contributed by atoms with Crippen molar-refractivity contribution in [1.29, 1.82) is 0 Å². The van der Waals surface area contributed by atoms with Gasteiger partial charge in [-0.1, -0.05) is 50.8 Å². The van der Waals surface area contributed by atoms with Crippen molar-refractivity contribution in [2.24, 2.45) is 5.92 Å². The summed E-state index contributed by atoms with van der Waals surface area (Å²) in [5.74, 6) is -1.21. The summed E-state index contributed by atoms with van der Waals surface area (Å²) >= 11 is 0. The lowest BCUT2D eigenvalue weighted by Gasteiger charge is -2.35. The number of benzene rings is 1. The van der Waals surface area contributed by atoms with Gasteiger partial charge in [0, 0.05) is 38.4 Å². The van der Waals surface area contributed by atoms with Gasteiger partial charge in [0.15, 0.2) is 11.6 Å². The molecular weight excluding hydrogens is 618 g/mol. The summed E-state index contributed by atoms with van der Waals surface area (Å²) in [6.07, 6.45) is 8.99. The minimum absolute atomic E-state index is 0.0231. The first kappa shape index (κ1) is 44.0. The van der Waals surface area contributed by atoms with Crippen molar-refractivity contribution in [2.45, 2.75) is 61.3 Å². The number of ether oxygens (including phenoxy) is 3. The fourth-order valence-corrected chi connectivity index (χ4v) is 4.77. The highest BCUT2D eigenvalue weighted by atomic mass is 19.2. The first-order valence-electron chi connectivity index (χ1n) is 16.2.